The summed E-state index contributed by atoms with van der Waals surface area (Å²) in [4.78, 5) is 12.4. The number of carboxylic acids is 1. The van der Waals surface area contributed by atoms with E-state index in [1.807, 2.05) is 37.2 Å². The molecule has 0 bridgehead atoms. The van der Waals surface area contributed by atoms with Crippen LogP contribution in [-0.4, -0.2) is 79.1 Å². The van der Waals surface area contributed by atoms with E-state index >= 15 is 8.78 Å². The Morgan fingerprint density at radius 2 is 1.38 bits per heavy atom. The minimum absolute atomic E-state index is 0.00920. The molecule has 0 saturated heterocycles. The van der Waals surface area contributed by atoms with Gasteiger partial charge in [-0.05, 0) is 117 Å². The van der Waals surface area contributed by atoms with Crippen molar-refractivity contribution < 1.29 is 66.6 Å². The summed E-state index contributed by atoms with van der Waals surface area (Å²) in [5.41, 5.74) is 2.51. The number of halogens is 3. The van der Waals surface area contributed by atoms with Gasteiger partial charge in [-0.2, -0.15) is 29.8 Å². The first-order valence-corrected chi connectivity index (χ1v) is 25.5. The molecule has 19 heteroatoms. The third-order valence-corrected chi connectivity index (χ3v) is 14.8. The summed E-state index contributed by atoms with van der Waals surface area (Å²) < 4.78 is 149. The molecule has 0 radical (unpaired) electrons. The van der Waals surface area contributed by atoms with E-state index in [2.05, 4.69) is 0 Å². The molecule has 3 aromatic rings. The van der Waals surface area contributed by atoms with Gasteiger partial charge in [-0.25, -0.2) is 13.2 Å². The molecule has 0 saturated carbocycles. The van der Waals surface area contributed by atoms with E-state index < -0.39 is 75.9 Å². The monoisotopic (exact) mass is 961 g/mol. The highest BCUT2D eigenvalue weighted by Gasteiger charge is 2.45. The summed E-state index contributed by atoms with van der Waals surface area (Å²) in [5, 5.41) is 9.15. The lowest BCUT2D eigenvalue weighted by molar-refractivity contribution is -0.438. The molecule has 0 fully saturated rings. The number of nitrogens with zero attached hydrogens (tertiary/aromatic N) is 2. The van der Waals surface area contributed by atoms with E-state index in [0.717, 1.165) is 0 Å². The summed E-state index contributed by atoms with van der Waals surface area (Å²) in [7, 11) is -13.4. The van der Waals surface area contributed by atoms with Crippen molar-refractivity contribution in [2.45, 2.75) is 106 Å². The van der Waals surface area contributed by atoms with Crippen molar-refractivity contribution in [3.63, 3.8) is 0 Å². The summed E-state index contributed by atoms with van der Waals surface area (Å²) in [6.45, 7) is 8.01. The van der Waals surface area contributed by atoms with Crippen LogP contribution in [0, 0.1) is 17.5 Å². The Balaban J connectivity index is 1.51. The molecule has 2 heterocycles. The van der Waals surface area contributed by atoms with Crippen molar-refractivity contribution >= 4 is 59.0 Å². The van der Waals surface area contributed by atoms with Crippen LogP contribution >= 0.6 is 0 Å². The predicted molar refractivity (Wildman–Crippen MR) is 240 cm³/mol. The SMILES string of the molecule is CC1(C)C(/C=C/C2=C(c3c(F)cc(F)cc3F)C(=C/C=C3/N(CCCCS(=O)(=O)O)c4ccc(S(=O)(=O)O)cc4C3(C)C)/CCC2)=[N+](CCCCCC(=O)O)c2ccc(S(=O)(=O)O)cc21. The Bertz CT molecular complexity index is 2910. The number of hydrogen-bond acceptors (Lipinski definition) is 8. The van der Waals surface area contributed by atoms with Crippen molar-refractivity contribution in [2.24, 2.45) is 0 Å². The topological polar surface area (TPSA) is 207 Å². The van der Waals surface area contributed by atoms with Gasteiger partial charge in [0.2, 0.25) is 5.69 Å². The van der Waals surface area contributed by atoms with Crippen LogP contribution in [0.25, 0.3) is 5.57 Å². The molecule has 13 nitrogen and oxygen atoms in total. The number of benzene rings is 3. The van der Waals surface area contributed by atoms with Crippen LogP contribution in [0.4, 0.5) is 24.5 Å². The average Bonchev–Trinajstić information content (AvgIpc) is 3.53. The molecule has 0 aromatic heterocycles. The molecule has 1 aliphatic carbocycles. The smallest absolute Gasteiger partial charge is 0.303 e. The summed E-state index contributed by atoms with van der Waals surface area (Å²) >= 11 is 0. The maximum atomic E-state index is 16.0. The number of carboxylic acid groups (broad SMARTS) is 1. The normalized spacial score (nSPS) is 18.6. The van der Waals surface area contributed by atoms with Crippen LogP contribution in [0.1, 0.15) is 102 Å². The zero-order valence-electron chi connectivity index (χ0n) is 36.3. The standard InChI is InChI=1S/C46H51F3N2O11S3/c1-45(2)34-27-32(64(57,58)59)16-18-38(34)50(22-7-5-6-13-42(52)53)40(45)20-14-29-11-10-12-30(43(29)44-36(48)25-31(47)26-37(44)49)15-21-41-46(3,4)35-28-33(65(60,61)62)17-19-39(35)51(41)23-8-9-24-63(54,55)56/h14-21,25-28H,5-13,22-24H2,1-4H3,(H3-,52,53,54,55,56,57,58,59,60,61,62)/p+1. The molecule has 65 heavy (non-hydrogen) atoms. The summed E-state index contributed by atoms with van der Waals surface area (Å²) in [6.07, 6.45) is 10.1. The molecule has 6 rings (SSSR count). The fraction of sp³-hybridized carbons (Fsp3) is 0.391. The molecule has 3 aliphatic rings. The molecule has 0 amide bonds. The van der Waals surface area contributed by atoms with Crippen molar-refractivity contribution in [1.82, 2.24) is 0 Å². The third kappa shape index (κ3) is 10.9. The van der Waals surface area contributed by atoms with Gasteiger partial charge < -0.3 is 10.0 Å². The maximum Gasteiger partial charge on any atom is 0.303 e. The number of unbranched alkanes of at least 4 members (excludes halogenated alkanes) is 3. The fourth-order valence-electron chi connectivity index (χ4n) is 9.11. The van der Waals surface area contributed by atoms with Gasteiger partial charge >= 0.3 is 5.97 Å². The molecule has 0 spiro atoms. The van der Waals surface area contributed by atoms with Crippen molar-refractivity contribution in [2.75, 3.05) is 23.7 Å². The molecule has 350 valence electrons. The molecular formula is C46H52F3N2O11S3+. The second-order valence-electron chi connectivity index (χ2n) is 17.5. The highest BCUT2D eigenvalue weighted by atomic mass is 32.2. The second-order valence-corrected chi connectivity index (χ2v) is 21.9. The van der Waals surface area contributed by atoms with E-state index in [4.69, 9.17) is 5.11 Å². The molecule has 0 unspecified atom stereocenters. The number of fused-ring (bicyclic) bond motifs is 2. The summed E-state index contributed by atoms with van der Waals surface area (Å²) in [5.74, 6) is -4.80. The van der Waals surface area contributed by atoms with Crippen LogP contribution < -0.4 is 4.90 Å². The number of hydrogen-bond donors (Lipinski definition) is 4. The van der Waals surface area contributed by atoms with Crippen LogP contribution in [0.3, 0.4) is 0 Å². The Morgan fingerprint density at radius 3 is 2.00 bits per heavy atom. The minimum Gasteiger partial charge on any atom is -0.481 e. The molecular weight excluding hydrogens is 910 g/mol. The van der Waals surface area contributed by atoms with Gasteiger partial charge in [0.1, 0.15) is 24.0 Å². The third-order valence-electron chi connectivity index (χ3n) is 12.3. The van der Waals surface area contributed by atoms with E-state index in [1.165, 1.54) is 30.3 Å². The molecule has 2 aliphatic heterocycles. The van der Waals surface area contributed by atoms with Crippen LogP contribution in [-0.2, 0) is 46.0 Å². The van der Waals surface area contributed by atoms with Gasteiger partial charge in [-0.1, -0.05) is 26.0 Å². The van der Waals surface area contributed by atoms with Crippen LogP contribution in [0.5, 0.6) is 0 Å². The van der Waals surface area contributed by atoms with Crippen LogP contribution in [0.15, 0.2) is 99.5 Å². The molecule has 4 N–H and O–H groups in total. The first-order chi connectivity index (χ1) is 30.2. The molecule has 0 atom stereocenters. The largest absolute Gasteiger partial charge is 0.481 e. The average molecular weight is 962 g/mol. The Labute approximate surface area is 377 Å². The fourth-order valence-corrected chi connectivity index (χ4v) is 10.7. The van der Waals surface area contributed by atoms with Gasteiger partial charge in [-0.15, -0.1) is 0 Å². The van der Waals surface area contributed by atoms with Crippen molar-refractivity contribution in [3.8, 4) is 0 Å². The van der Waals surface area contributed by atoms with Gasteiger partial charge in [0.05, 0.1) is 26.5 Å². The Hall–Kier alpha value is -4.92. The zero-order valence-corrected chi connectivity index (χ0v) is 38.8. The highest BCUT2D eigenvalue weighted by molar-refractivity contribution is 7.86. The Kier molecular flexibility index (Phi) is 14.3. The first-order valence-electron chi connectivity index (χ1n) is 21.0. The molecule has 3 aromatic carbocycles. The number of rotatable bonds is 17. The van der Waals surface area contributed by atoms with Crippen molar-refractivity contribution in [3.05, 3.63) is 124 Å². The number of aliphatic carboxylic acids is 1. The van der Waals surface area contributed by atoms with E-state index in [1.54, 1.807) is 30.4 Å². The highest BCUT2D eigenvalue weighted by Crippen LogP contribution is 2.49. The minimum atomic E-state index is -4.60. The lowest BCUT2D eigenvalue weighted by Crippen LogP contribution is -2.28. The summed E-state index contributed by atoms with van der Waals surface area (Å²) in [6, 6.07) is 9.60. The zero-order chi connectivity index (χ0) is 47.9. The van der Waals surface area contributed by atoms with Crippen molar-refractivity contribution in [1.29, 1.82) is 0 Å². The van der Waals surface area contributed by atoms with Crippen LogP contribution in [0.2, 0.25) is 0 Å². The van der Waals surface area contributed by atoms with E-state index in [0.29, 0.717) is 102 Å². The quantitative estimate of drug-likeness (QED) is 0.0568. The van der Waals surface area contributed by atoms with Gasteiger partial charge in [0.25, 0.3) is 30.4 Å². The second kappa shape index (κ2) is 18.8. The van der Waals surface area contributed by atoms with Gasteiger partial charge in [-0.3, -0.25) is 18.5 Å². The number of allylic oxidation sites excluding steroid dienone is 8. The predicted octanol–water partition coefficient (Wildman–Crippen LogP) is 9.09. The maximum absolute atomic E-state index is 16.0. The van der Waals surface area contributed by atoms with E-state index in [-0.39, 0.29) is 41.2 Å². The van der Waals surface area contributed by atoms with Gasteiger partial charge in [0, 0.05) is 66.0 Å². The number of anilines is 1. The Morgan fingerprint density at radius 1 is 0.754 bits per heavy atom. The number of carbonyl (C=O) groups is 1. The van der Waals surface area contributed by atoms with E-state index in [9.17, 15) is 48.1 Å². The first kappa shape index (κ1) is 49.5. The lowest BCUT2D eigenvalue weighted by atomic mass is 9.79. The van der Waals surface area contributed by atoms with Gasteiger partial charge in [0.15, 0.2) is 5.71 Å². The lowest BCUT2D eigenvalue weighted by Gasteiger charge is -2.28.